The van der Waals surface area contributed by atoms with Crippen LogP contribution in [-0.4, -0.2) is 0 Å². The van der Waals surface area contributed by atoms with Gasteiger partial charge >= 0.3 is 0 Å². The molecule has 10 rings (SSSR count). The summed E-state index contributed by atoms with van der Waals surface area (Å²) in [6.45, 7) is 6.87. The molecule has 0 amide bonds. The SMILES string of the molecule is CC(C)(C)c1cc2ccc3c(-c4ccc5c(c4)oc4ccccc45)cc(-c4cccc5c4oc4ccccc45)c4ccc(c1)c2c34. The maximum Gasteiger partial charge on any atom is 0.143 e. The van der Waals surface area contributed by atoms with Gasteiger partial charge in [0.15, 0.2) is 0 Å². The summed E-state index contributed by atoms with van der Waals surface area (Å²) in [5.74, 6) is 0. The molecule has 2 aromatic heterocycles. The largest absolute Gasteiger partial charge is 0.456 e. The van der Waals surface area contributed by atoms with Crippen molar-refractivity contribution < 1.29 is 8.83 Å². The van der Waals surface area contributed by atoms with Gasteiger partial charge in [-0.05, 0) is 90.3 Å². The van der Waals surface area contributed by atoms with Gasteiger partial charge in [-0.1, -0.05) is 118 Å². The number of rotatable bonds is 2. The Morgan fingerprint density at radius 2 is 1.02 bits per heavy atom. The van der Waals surface area contributed by atoms with Gasteiger partial charge in [-0.3, -0.25) is 0 Å². The second-order valence-corrected chi connectivity index (χ2v) is 13.7. The lowest BCUT2D eigenvalue weighted by atomic mass is 9.81. The molecule has 2 heteroatoms. The third-order valence-corrected chi connectivity index (χ3v) is 9.97. The molecule has 2 nitrogen and oxygen atoms in total. The highest BCUT2D eigenvalue weighted by molar-refractivity contribution is 6.29. The minimum Gasteiger partial charge on any atom is -0.456 e. The number of para-hydroxylation sites is 3. The van der Waals surface area contributed by atoms with Gasteiger partial charge in [0.2, 0.25) is 0 Å². The summed E-state index contributed by atoms with van der Waals surface area (Å²) in [6, 6.07) is 46.2. The normalized spacial score (nSPS) is 12.7. The summed E-state index contributed by atoms with van der Waals surface area (Å²) in [6.07, 6.45) is 0. The molecule has 0 unspecified atom stereocenters. The molecule has 0 atom stereocenters. The van der Waals surface area contributed by atoms with Gasteiger partial charge in [0.1, 0.15) is 22.3 Å². The standard InChI is InChI=1S/C44H30O2/c1-44(2,3)28-21-26-16-19-32-36(25-15-18-31-29-9-4-6-13-38(29)45-40(31)23-25)24-37(33-20-17-27(22-28)41(26)42(32)33)35-12-8-11-34-30-10-5-7-14-39(30)46-43(34)35/h4-24H,1-3H3. The lowest BCUT2D eigenvalue weighted by Crippen LogP contribution is -2.10. The van der Waals surface area contributed by atoms with E-state index in [-0.39, 0.29) is 5.41 Å². The molecule has 0 N–H and O–H groups in total. The zero-order valence-corrected chi connectivity index (χ0v) is 25.9. The van der Waals surface area contributed by atoms with Crippen molar-refractivity contribution in [3.8, 4) is 22.3 Å². The second-order valence-electron chi connectivity index (χ2n) is 13.7. The van der Waals surface area contributed by atoms with Gasteiger partial charge < -0.3 is 8.83 Å². The number of hydrogen-bond acceptors (Lipinski definition) is 2. The fraction of sp³-hybridized carbons (Fsp3) is 0.0909. The van der Waals surface area contributed by atoms with E-state index in [1.54, 1.807) is 0 Å². The third kappa shape index (κ3) is 3.53. The summed E-state index contributed by atoms with van der Waals surface area (Å²) >= 11 is 0. The van der Waals surface area contributed by atoms with Gasteiger partial charge in [-0.2, -0.15) is 0 Å². The van der Waals surface area contributed by atoms with E-state index < -0.39 is 0 Å². The molecule has 0 saturated carbocycles. The molecule has 8 aromatic carbocycles. The van der Waals surface area contributed by atoms with Crippen molar-refractivity contribution >= 4 is 76.2 Å². The van der Waals surface area contributed by atoms with Crippen molar-refractivity contribution in [2.24, 2.45) is 0 Å². The Bertz CT molecular complexity index is 2820. The molecule has 0 spiro atoms. The van der Waals surface area contributed by atoms with E-state index in [9.17, 15) is 0 Å². The predicted molar refractivity (Wildman–Crippen MR) is 194 cm³/mol. The molecule has 46 heavy (non-hydrogen) atoms. The number of furan rings is 2. The minimum atomic E-state index is 0.0553. The zero-order chi connectivity index (χ0) is 30.7. The van der Waals surface area contributed by atoms with Gasteiger partial charge in [-0.25, -0.2) is 0 Å². The van der Waals surface area contributed by atoms with E-state index >= 15 is 0 Å². The maximum atomic E-state index is 6.60. The van der Waals surface area contributed by atoms with Gasteiger partial charge in [-0.15, -0.1) is 0 Å². The molecule has 218 valence electrons. The summed E-state index contributed by atoms with van der Waals surface area (Å²) in [7, 11) is 0. The van der Waals surface area contributed by atoms with E-state index in [1.165, 1.54) is 49.0 Å². The van der Waals surface area contributed by atoms with Crippen molar-refractivity contribution in [3.05, 3.63) is 133 Å². The fourth-order valence-corrected chi connectivity index (χ4v) is 7.66. The summed E-state index contributed by atoms with van der Waals surface area (Å²) in [5.41, 5.74) is 9.66. The Labute approximate surface area is 265 Å². The summed E-state index contributed by atoms with van der Waals surface area (Å²) < 4.78 is 13.0. The smallest absolute Gasteiger partial charge is 0.143 e. The van der Waals surface area contributed by atoms with Crippen molar-refractivity contribution in [2.75, 3.05) is 0 Å². The van der Waals surface area contributed by atoms with Crippen LogP contribution in [0, 0.1) is 0 Å². The molecule has 10 aromatic rings. The Balaban J connectivity index is 1.34. The van der Waals surface area contributed by atoms with Crippen LogP contribution in [0.5, 0.6) is 0 Å². The molecule has 0 radical (unpaired) electrons. The number of hydrogen-bond donors (Lipinski definition) is 0. The predicted octanol–water partition coefficient (Wildman–Crippen LogP) is 13.0. The highest BCUT2D eigenvalue weighted by Gasteiger charge is 2.22. The Kier molecular flexibility index (Phi) is 5.02. The average Bonchev–Trinajstić information content (AvgIpc) is 3.64. The quantitative estimate of drug-likeness (QED) is 0.187. The van der Waals surface area contributed by atoms with Crippen LogP contribution in [0.4, 0.5) is 0 Å². The molecule has 0 aliphatic heterocycles. The Morgan fingerprint density at radius 3 is 1.76 bits per heavy atom. The first kappa shape index (κ1) is 25.7. The number of benzene rings is 8. The number of fused-ring (bicyclic) bond motifs is 6. The Morgan fingerprint density at radius 1 is 0.413 bits per heavy atom. The third-order valence-electron chi connectivity index (χ3n) is 9.97. The maximum absolute atomic E-state index is 6.60. The van der Waals surface area contributed by atoms with Crippen LogP contribution in [0.2, 0.25) is 0 Å². The molecular formula is C44H30O2. The van der Waals surface area contributed by atoms with Crippen LogP contribution in [-0.2, 0) is 5.41 Å². The van der Waals surface area contributed by atoms with Crippen LogP contribution in [0.3, 0.4) is 0 Å². The lowest BCUT2D eigenvalue weighted by Gasteiger charge is -2.23. The highest BCUT2D eigenvalue weighted by atomic mass is 16.3. The molecule has 0 aliphatic rings. The molecule has 0 saturated heterocycles. The van der Waals surface area contributed by atoms with Crippen molar-refractivity contribution in [3.63, 3.8) is 0 Å². The topological polar surface area (TPSA) is 26.3 Å². The average molecular weight is 591 g/mol. The Hall–Kier alpha value is -5.60. The van der Waals surface area contributed by atoms with Crippen molar-refractivity contribution in [1.29, 1.82) is 0 Å². The van der Waals surface area contributed by atoms with Crippen LogP contribution in [0.1, 0.15) is 26.3 Å². The first-order chi connectivity index (χ1) is 22.4. The van der Waals surface area contributed by atoms with Crippen molar-refractivity contribution in [2.45, 2.75) is 26.2 Å². The zero-order valence-electron chi connectivity index (χ0n) is 25.9. The first-order valence-corrected chi connectivity index (χ1v) is 16.0. The molecule has 0 bridgehead atoms. The molecular weight excluding hydrogens is 560 g/mol. The van der Waals surface area contributed by atoms with Crippen LogP contribution >= 0.6 is 0 Å². The van der Waals surface area contributed by atoms with Gasteiger partial charge in [0.25, 0.3) is 0 Å². The van der Waals surface area contributed by atoms with Crippen LogP contribution in [0.25, 0.3) is 98.4 Å². The van der Waals surface area contributed by atoms with Crippen molar-refractivity contribution in [1.82, 2.24) is 0 Å². The lowest BCUT2D eigenvalue weighted by molar-refractivity contribution is 0.591. The first-order valence-electron chi connectivity index (χ1n) is 16.0. The monoisotopic (exact) mass is 590 g/mol. The van der Waals surface area contributed by atoms with Gasteiger partial charge in [0.05, 0.1) is 0 Å². The minimum absolute atomic E-state index is 0.0553. The van der Waals surface area contributed by atoms with Crippen LogP contribution in [0.15, 0.2) is 136 Å². The summed E-state index contributed by atoms with van der Waals surface area (Å²) in [4.78, 5) is 0. The summed E-state index contributed by atoms with van der Waals surface area (Å²) in [5, 5.41) is 12.2. The van der Waals surface area contributed by atoms with E-state index in [4.69, 9.17) is 8.83 Å². The molecule has 0 fully saturated rings. The highest BCUT2D eigenvalue weighted by Crippen LogP contribution is 2.47. The van der Waals surface area contributed by atoms with E-state index in [1.807, 2.05) is 18.2 Å². The van der Waals surface area contributed by atoms with E-state index in [0.29, 0.717) is 0 Å². The van der Waals surface area contributed by atoms with E-state index in [2.05, 4.69) is 130 Å². The van der Waals surface area contributed by atoms with E-state index in [0.717, 1.165) is 55.0 Å². The molecule has 2 heterocycles. The fourth-order valence-electron chi connectivity index (χ4n) is 7.66. The molecule has 0 aliphatic carbocycles. The second kappa shape index (κ2) is 8.99. The van der Waals surface area contributed by atoms with Crippen LogP contribution < -0.4 is 0 Å². The van der Waals surface area contributed by atoms with Gasteiger partial charge in [0, 0.05) is 27.1 Å².